The van der Waals surface area contributed by atoms with Gasteiger partial charge >= 0.3 is 5.97 Å². The Kier molecular flexibility index (Phi) is 9.80. The lowest BCUT2D eigenvalue weighted by Gasteiger charge is -2.29. The van der Waals surface area contributed by atoms with Crippen LogP contribution >= 0.6 is 0 Å². The molecule has 0 radical (unpaired) electrons. The van der Waals surface area contributed by atoms with E-state index in [0.29, 0.717) is 25.8 Å². The zero-order valence-corrected chi connectivity index (χ0v) is 19.1. The molecule has 2 rings (SSSR count). The molecule has 1 aromatic rings. The molecule has 1 saturated heterocycles. The Labute approximate surface area is 193 Å². The van der Waals surface area contributed by atoms with Crippen LogP contribution in [0, 0.1) is 5.92 Å². The lowest BCUT2D eigenvalue weighted by Crippen LogP contribution is -2.58. The SMILES string of the molecule is CCC(C)C(NC(=O)C(Cc1ccccc1)NC(=O)C1CCCN1C(=O)C(N)CO)C(=O)O. The fourth-order valence-corrected chi connectivity index (χ4v) is 3.86. The lowest BCUT2D eigenvalue weighted by molar-refractivity contribution is -0.144. The van der Waals surface area contributed by atoms with Gasteiger partial charge in [-0.05, 0) is 24.3 Å². The van der Waals surface area contributed by atoms with E-state index in [4.69, 9.17) is 5.73 Å². The number of likely N-dealkylation sites (tertiary alicyclic amines) is 1. The summed E-state index contributed by atoms with van der Waals surface area (Å²) in [4.78, 5) is 51.6. The van der Waals surface area contributed by atoms with E-state index in [1.807, 2.05) is 13.0 Å². The fourth-order valence-electron chi connectivity index (χ4n) is 3.86. The summed E-state index contributed by atoms with van der Waals surface area (Å²) in [5, 5.41) is 24.0. The largest absolute Gasteiger partial charge is 0.480 e. The van der Waals surface area contributed by atoms with Crippen LogP contribution in [0.15, 0.2) is 30.3 Å². The number of carbonyl (C=O) groups is 4. The van der Waals surface area contributed by atoms with Crippen LogP contribution in [0.1, 0.15) is 38.7 Å². The van der Waals surface area contributed by atoms with Gasteiger partial charge in [-0.1, -0.05) is 50.6 Å². The Morgan fingerprint density at radius 2 is 1.85 bits per heavy atom. The van der Waals surface area contributed by atoms with Crippen molar-refractivity contribution >= 4 is 23.7 Å². The van der Waals surface area contributed by atoms with Crippen molar-refractivity contribution in [1.29, 1.82) is 0 Å². The number of carboxylic acid groups (broad SMARTS) is 1. The smallest absolute Gasteiger partial charge is 0.326 e. The molecule has 5 unspecified atom stereocenters. The number of aliphatic carboxylic acids is 1. The zero-order valence-electron chi connectivity index (χ0n) is 19.1. The summed E-state index contributed by atoms with van der Waals surface area (Å²) in [5.41, 5.74) is 6.43. The van der Waals surface area contributed by atoms with Crippen LogP contribution in [0.4, 0.5) is 0 Å². The molecule has 1 aromatic carbocycles. The number of aliphatic hydroxyl groups excluding tert-OH is 1. The van der Waals surface area contributed by atoms with E-state index in [9.17, 15) is 29.4 Å². The number of nitrogens with two attached hydrogens (primary N) is 1. The molecule has 3 amide bonds. The van der Waals surface area contributed by atoms with E-state index in [-0.39, 0.29) is 12.3 Å². The molecular weight excluding hydrogens is 428 g/mol. The van der Waals surface area contributed by atoms with Crippen molar-refractivity contribution < 1.29 is 29.4 Å². The van der Waals surface area contributed by atoms with Crippen LogP contribution in [0.5, 0.6) is 0 Å². The first-order chi connectivity index (χ1) is 15.7. The number of aliphatic hydroxyl groups is 1. The van der Waals surface area contributed by atoms with E-state index >= 15 is 0 Å². The number of nitrogens with zero attached hydrogens (tertiary/aromatic N) is 1. The van der Waals surface area contributed by atoms with Crippen molar-refractivity contribution in [1.82, 2.24) is 15.5 Å². The number of benzene rings is 1. The molecule has 1 heterocycles. The molecule has 6 N–H and O–H groups in total. The van der Waals surface area contributed by atoms with Crippen molar-refractivity contribution in [3.63, 3.8) is 0 Å². The van der Waals surface area contributed by atoms with Gasteiger partial charge in [0, 0.05) is 13.0 Å². The van der Waals surface area contributed by atoms with Gasteiger partial charge < -0.3 is 31.5 Å². The molecule has 0 aliphatic carbocycles. The summed E-state index contributed by atoms with van der Waals surface area (Å²) in [6, 6.07) is 4.99. The Morgan fingerprint density at radius 3 is 2.42 bits per heavy atom. The third-order valence-corrected chi connectivity index (χ3v) is 6.04. The van der Waals surface area contributed by atoms with Crippen LogP contribution in [0.3, 0.4) is 0 Å². The van der Waals surface area contributed by atoms with Crippen LogP contribution in [-0.4, -0.2) is 76.1 Å². The normalized spacial score (nSPS) is 19.3. The van der Waals surface area contributed by atoms with Gasteiger partial charge in [0.05, 0.1) is 6.61 Å². The Bertz CT molecular complexity index is 834. The number of hydrogen-bond donors (Lipinski definition) is 5. The predicted octanol–water partition coefficient (Wildman–Crippen LogP) is -0.360. The summed E-state index contributed by atoms with van der Waals surface area (Å²) >= 11 is 0. The molecule has 0 bridgehead atoms. The fraction of sp³-hybridized carbons (Fsp3) is 0.565. The molecule has 1 aliphatic rings. The minimum absolute atomic E-state index is 0.155. The average Bonchev–Trinajstić information content (AvgIpc) is 3.31. The number of amides is 3. The molecule has 10 heteroatoms. The highest BCUT2D eigenvalue weighted by atomic mass is 16.4. The molecular formula is C23H34N4O6. The van der Waals surface area contributed by atoms with E-state index in [2.05, 4.69) is 10.6 Å². The van der Waals surface area contributed by atoms with Crippen LogP contribution in [-0.2, 0) is 25.6 Å². The maximum absolute atomic E-state index is 13.1. The van der Waals surface area contributed by atoms with Crippen molar-refractivity contribution in [3.8, 4) is 0 Å². The van der Waals surface area contributed by atoms with Crippen molar-refractivity contribution in [2.24, 2.45) is 11.7 Å². The minimum atomic E-state index is -1.15. The summed E-state index contributed by atoms with van der Waals surface area (Å²) in [6.45, 7) is 3.36. The summed E-state index contributed by atoms with van der Waals surface area (Å²) in [6.07, 6.45) is 1.70. The van der Waals surface area contributed by atoms with Gasteiger partial charge in [0.1, 0.15) is 24.2 Å². The lowest BCUT2D eigenvalue weighted by atomic mass is 9.98. The quantitative estimate of drug-likeness (QED) is 0.300. The maximum atomic E-state index is 13.1. The molecule has 1 fully saturated rings. The second-order valence-corrected chi connectivity index (χ2v) is 8.44. The topological polar surface area (TPSA) is 162 Å². The summed E-state index contributed by atoms with van der Waals surface area (Å²) in [7, 11) is 0. The average molecular weight is 463 g/mol. The van der Waals surface area contributed by atoms with Gasteiger partial charge in [0.25, 0.3) is 0 Å². The zero-order chi connectivity index (χ0) is 24.5. The van der Waals surface area contributed by atoms with Crippen molar-refractivity contribution in [2.75, 3.05) is 13.2 Å². The number of carboxylic acids is 1. The van der Waals surface area contributed by atoms with Crippen LogP contribution in [0.25, 0.3) is 0 Å². The predicted molar refractivity (Wildman–Crippen MR) is 121 cm³/mol. The number of carbonyl (C=O) groups excluding carboxylic acids is 3. The highest BCUT2D eigenvalue weighted by Gasteiger charge is 2.38. The number of hydrogen-bond acceptors (Lipinski definition) is 6. The first-order valence-electron chi connectivity index (χ1n) is 11.2. The molecule has 0 spiro atoms. The first-order valence-corrected chi connectivity index (χ1v) is 11.2. The van der Waals surface area contributed by atoms with Crippen molar-refractivity contribution in [2.45, 2.75) is 63.7 Å². The highest BCUT2D eigenvalue weighted by molar-refractivity contribution is 5.94. The summed E-state index contributed by atoms with van der Waals surface area (Å²) in [5.74, 6) is -3.10. The van der Waals surface area contributed by atoms with Gasteiger partial charge in [-0.2, -0.15) is 0 Å². The van der Waals surface area contributed by atoms with E-state index in [1.54, 1.807) is 31.2 Å². The third-order valence-electron chi connectivity index (χ3n) is 6.04. The standard InChI is InChI=1S/C23H34N4O6/c1-3-14(2)19(23(32)33)26-20(29)17(12-15-8-5-4-6-9-15)25-21(30)18-10-7-11-27(18)22(31)16(24)13-28/h4-6,8-9,14,16-19,28H,3,7,10-13,24H2,1-2H3,(H,25,30)(H,26,29)(H,32,33). The van der Waals surface area contributed by atoms with Gasteiger partial charge in [0.15, 0.2) is 0 Å². The van der Waals surface area contributed by atoms with Crippen LogP contribution in [0.2, 0.25) is 0 Å². The molecule has 182 valence electrons. The Morgan fingerprint density at radius 1 is 1.18 bits per heavy atom. The van der Waals surface area contributed by atoms with Gasteiger partial charge in [-0.3, -0.25) is 14.4 Å². The molecule has 0 saturated carbocycles. The number of rotatable bonds is 11. The van der Waals surface area contributed by atoms with Crippen LogP contribution < -0.4 is 16.4 Å². The second kappa shape index (κ2) is 12.3. The monoisotopic (exact) mass is 462 g/mol. The van der Waals surface area contributed by atoms with E-state index in [0.717, 1.165) is 5.56 Å². The van der Waals surface area contributed by atoms with Gasteiger partial charge in [0.2, 0.25) is 17.7 Å². The van der Waals surface area contributed by atoms with Gasteiger partial charge in [-0.15, -0.1) is 0 Å². The number of nitrogens with one attached hydrogen (secondary N) is 2. The highest BCUT2D eigenvalue weighted by Crippen LogP contribution is 2.19. The first kappa shape index (κ1) is 26.3. The molecule has 1 aliphatic heterocycles. The molecule has 0 aromatic heterocycles. The van der Waals surface area contributed by atoms with E-state index in [1.165, 1.54) is 4.90 Å². The Balaban J connectivity index is 2.21. The molecule has 5 atom stereocenters. The van der Waals surface area contributed by atoms with E-state index < -0.39 is 54.5 Å². The Hall–Kier alpha value is -2.98. The second-order valence-electron chi connectivity index (χ2n) is 8.44. The van der Waals surface area contributed by atoms with Crippen molar-refractivity contribution in [3.05, 3.63) is 35.9 Å². The summed E-state index contributed by atoms with van der Waals surface area (Å²) < 4.78 is 0. The van der Waals surface area contributed by atoms with Gasteiger partial charge in [-0.25, -0.2) is 4.79 Å². The minimum Gasteiger partial charge on any atom is -0.480 e. The maximum Gasteiger partial charge on any atom is 0.326 e. The molecule has 33 heavy (non-hydrogen) atoms. The third kappa shape index (κ3) is 7.00. The molecule has 10 nitrogen and oxygen atoms in total.